The van der Waals surface area contributed by atoms with Crippen molar-refractivity contribution in [2.75, 3.05) is 26.7 Å². The van der Waals surface area contributed by atoms with E-state index in [1.165, 1.54) is 24.0 Å². The quantitative estimate of drug-likeness (QED) is 0.335. The minimum atomic E-state index is -0.0767. The number of carbonyl (C=O) groups is 1. The van der Waals surface area contributed by atoms with Gasteiger partial charge < -0.3 is 10.1 Å². The summed E-state index contributed by atoms with van der Waals surface area (Å²) in [6.07, 6.45) is 3.43. The van der Waals surface area contributed by atoms with Gasteiger partial charge in [-0.25, -0.2) is 4.98 Å². The van der Waals surface area contributed by atoms with Gasteiger partial charge in [-0.3, -0.25) is 9.69 Å². The molecule has 0 aliphatic carbocycles. The number of hydrogen-bond acceptors (Lipinski definition) is 4. The van der Waals surface area contributed by atoms with Gasteiger partial charge in [0.15, 0.2) is 0 Å². The van der Waals surface area contributed by atoms with Crippen LogP contribution in [0.3, 0.4) is 0 Å². The monoisotopic (exact) mass is 479 g/mol. The second kappa shape index (κ2) is 10.9. The molecule has 1 saturated heterocycles. The number of methoxy groups -OCH3 is 1. The van der Waals surface area contributed by atoms with Crippen LogP contribution in [0.5, 0.6) is 5.75 Å². The van der Waals surface area contributed by atoms with Gasteiger partial charge in [0.25, 0.3) is 5.91 Å². The van der Waals surface area contributed by atoms with Crippen molar-refractivity contribution < 1.29 is 9.53 Å². The van der Waals surface area contributed by atoms with Crippen molar-refractivity contribution in [1.29, 1.82) is 0 Å². The van der Waals surface area contributed by atoms with Gasteiger partial charge >= 0.3 is 0 Å². The Morgan fingerprint density at radius 3 is 2.53 bits per heavy atom. The van der Waals surface area contributed by atoms with Crippen molar-refractivity contribution in [1.82, 2.24) is 15.2 Å². The zero-order chi connectivity index (χ0) is 24.9. The Morgan fingerprint density at radius 1 is 1.00 bits per heavy atom. The number of pyridine rings is 1. The van der Waals surface area contributed by atoms with Crippen LogP contribution in [0, 0.1) is 0 Å². The molecule has 0 radical (unpaired) electrons. The van der Waals surface area contributed by atoms with Crippen LogP contribution < -0.4 is 10.1 Å². The molecule has 5 nitrogen and oxygen atoms in total. The second-order valence-electron chi connectivity index (χ2n) is 9.37. The molecule has 1 atom stereocenters. The lowest BCUT2D eigenvalue weighted by Gasteiger charge is -2.28. The molecule has 0 saturated carbocycles. The normalized spacial score (nSPS) is 14.6. The average molecular weight is 480 g/mol. The Labute approximate surface area is 213 Å². The van der Waals surface area contributed by atoms with Gasteiger partial charge in [0.05, 0.1) is 29.9 Å². The van der Waals surface area contributed by atoms with Crippen LogP contribution in [0.2, 0.25) is 0 Å². The highest BCUT2D eigenvalue weighted by atomic mass is 16.5. The maximum atomic E-state index is 13.6. The zero-order valence-corrected chi connectivity index (χ0v) is 21.0. The number of fused-ring (bicyclic) bond motifs is 1. The summed E-state index contributed by atoms with van der Waals surface area (Å²) >= 11 is 0. The van der Waals surface area contributed by atoms with E-state index in [1.54, 1.807) is 7.11 Å². The van der Waals surface area contributed by atoms with Crippen LogP contribution in [-0.4, -0.2) is 42.5 Å². The molecule has 0 spiro atoms. The largest absolute Gasteiger partial charge is 0.497 e. The molecule has 1 aliphatic rings. The molecule has 36 heavy (non-hydrogen) atoms. The molecule has 1 amide bonds. The summed E-state index contributed by atoms with van der Waals surface area (Å²) < 4.78 is 5.40. The third kappa shape index (κ3) is 5.12. The fourth-order valence-corrected chi connectivity index (χ4v) is 5.06. The van der Waals surface area contributed by atoms with E-state index >= 15 is 0 Å². The van der Waals surface area contributed by atoms with Gasteiger partial charge in [0, 0.05) is 17.5 Å². The summed E-state index contributed by atoms with van der Waals surface area (Å²) in [4.78, 5) is 21.0. The van der Waals surface area contributed by atoms with Crippen LogP contribution >= 0.6 is 0 Å². The highest BCUT2D eigenvalue weighted by molar-refractivity contribution is 6.07. The lowest BCUT2D eigenvalue weighted by atomic mass is 10.0. The van der Waals surface area contributed by atoms with Crippen LogP contribution in [-0.2, 0) is 6.42 Å². The van der Waals surface area contributed by atoms with Crippen molar-refractivity contribution in [3.8, 4) is 17.0 Å². The van der Waals surface area contributed by atoms with Crippen molar-refractivity contribution >= 4 is 16.8 Å². The third-order valence-electron chi connectivity index (χ3n) is 7.14. The maximum Gasteiger partial charge on any atom is 0.252 e. The minimum absolute atomic E-state index is 0.0767. The molecule has 3 aromatic carbocycles. The first-order valence-electron chi connectivity index (χ1n) is 12.8. The van der Waals surface area contributed by atoms with E-state index in [0.29, 0.717) is 12.1 Å². The van der Waals surface area contributed by atoms with Crippen molar-refractivity contribution in [3.63, 3.8) is 0 Å². The van der Waals surface area contributed by atoms with Crippen LogP contribution in [0.4, 0.5) is 0 Å². The number of benzene rings is 3. The van der Waals surface area contributed by atoms with Crippen LogP contribution in [0.15, 0.2) is 78.9 Å². The summed E-state index contributed by atoms with van der Waals surface area (Å²) in [5.74, 6) is 0.683. The highest BCUT2D eigenvalue weighted by Gasteiger charge is 2.24. The van der Waals surface area contributed by atoms with Gasteiger partial charge in [-0.2, -0.15) is 0 Å². The van der Waals surface area contributed by atoms with Crippen LogP contribution in [0.1, 0.15) is 47.3 Å². The number of ether oxygens (including phenoxy) is 1. The van der Waals surface area contributed by atoms with E-state index < -0.39 is 0 Å². The number of hydrogen-bond donors (Lipinski definition) is 1. The number of carbonyl (C=O) groups excluding carboxylic acids is 1. The van der Waals surface area contributed by atoms with E-state index in [1.807, 2.05) is 54.6 Å². The lowest BCUT2D eigenvalue weighted by molar-refractivity contribution is 0.0939. The van der Waals surface area contributed by atoms with Gasteiger partial charge in [-0.15, -0.1) is 0 Å². The summed E-state index contributed by atoms with van der Waals surface area (Å²) in [5, 5.41) is 4.12. The van der Waals surface area contributed by atoms with Crippen LogP contribution in [0.25, 0.3) is 22.2 Å². The molecule has 184 valence electrons. The van der Waals surface area contributed by atoms with E-state index in [0.717, 1.165) is 47.4 Å². The topological polar surface area (TPSA) is 54.5 Å². The maximum absolute atomic E-state index is 13.6. The molecule has 5 rings (SSSR count). The molecule has 5 heteroatoms. The first-order chi connectivity index (χ1) is 17.7. The summed E-state index contributed by atoms with van der Waals surface area (Å²) in [6.45, 7) is 4.87. The number of likely N-dealkylation sites (tertiary alicyclic amines) is 1. The second-order valence-corrected chi connectivity index (χ2v) is 9.37. The predicted octanol–water partition coefficient (Wildman–Crippen LogP) is 6.04. The number of nitrogens with one attached hydrogen (secondary N) is 1. The molecule has 0 bridgehead atoms. The molecule has 1 aliphatic heterocycles. The molecular weight excluding hydrogens is 446 g/mol. The van der Waals surface area contributed by atoms with Crippen molar-refractivity contribution in [2.45, 2.75) is 32.2 Å². The fraction of sp³-hybridized carbons (Fsp3) is 0.290. The average Bonchev–Trinajstić information content (AvgIpc) is 3.47. The molecule has 1 N–H and O–H groups in total. The Kier molecular flexibility index (Phi) is 7.28. The highest BCUT2D eigenvalue weighted by Crippen LogP contribution is 2.28. The summed E-state index contributed by atoms with van der Waals surface area (Å²) in [5.41, 5.74) is 5.69. The van der Waals surface area contributed by atoms with E-state index in [9.17, 15) is 4.79 Å². The number of nitrogens with zero attached hydrogens (tertiary/aromatic N) is 2. The zero-order valence-electron chi connectivity index (χ0n) is 21.0. The Hall–Kier alpha value is -3.70. The van der Waals surface area contributed by atoms with Crippen molar-refractivity contribution in [2.24, 2.45) is 0 Å². The van der Waals surface area contributed by atoms with E-state index in [4.69, 9.17) is 9.72 Å². The number of para-hydroxylation sites is 1. The number of rotatable bonds is 8. The minimum Gasteiger partial charge on any atom is -0.497 e. The molecule has 2 heterocycles. The molecule has 4 aromatic rings. The molecule has 1 aromatic heterocycles. The summed E-state index contributed by atoms with van der Waals surface area (Å²) in [6, 6.07) is 26.5. The van der Waals surface area contributed by atoms with Gasteiger partial charge in [-0.1, -0.05) is 61.5 Å². The fourth-order valence-electron chi connectivity index (χ4n) is 5.06. The number of aromatic nitrogens is 1. The first kappa shape index (κ1) is 24.0. The SMILES string of the molecule is CCc1ccc([C@@H](CNC(=O)c2cc(-c3cccc(OC)c3)nc3ccccc23)N2CCCC2)cc1. The number of amides is 1. The van der Waals surface area contributed by atoms with Crippen molar-refractivity contribution in [3.05, 3.63) is 95.6 Å². The summed E-state index contributed by atoms with van der Waals surface area (Å²) in [7, 11) is 1.65. The first-order valence-corrected chi connectivity index (χ1v) is 12.8. The number of aryl methyl sites for hydroxylation is 1. The van der Waals surface area contributed by atoms with Gasteiger partial charge in [0.1, 0.15) is 5.75 Å². The lowest BCUT2D eigenvalue weighted by Crippen LogP contribution is -2.37. The molecule has 0 unspecified atom stereocenters. The Balaban J connectivity index is 1.44. The smallest absolute Gasteiger partial charge is 0.252 e. The Bertz CT molecular complexity index is 1340. The Morgan fingerprint density at radius 2 is 1.78 bits per heavy atom. The third-order valence-corrected chi connectivity index (χ3v) is 7.14. The van der Waals surface area contributed by atoms with Gasteiger partial charge in [0.2, 0.25) is 0 Å². The van der Waals surface area contributed by atoms with E-state index in [-0.39, 0.29) is 11.9 Å². The molecule has 1 fully saturated rings. The van der Waals surface area contributed by atoms with E-state index in [2.05, 4.69) is 41.4 Å². The van der Waals surface area contributed by atoms with Gasteiger partial charge in [-0.05, 0) is 67.7 Å². The standard InChI is InChI=1S/C31H33N3O2/c1-3-22-13-15-23(16-14-22)30(34-17-6-7-18-34)21-32-31(35)27-20-29(24-9-8-10-25(19-24)36-2)33-28-12-5-4-11-26(27)28/h4-5,8-16,19-20,30H,3,6-7,17-18,21H2,1-2H3,(H,32,35)/t30-/m1/s1. The predicted molar refractivity (Wildman–Crippen MR) is 145 cm³/mol. The molecular formula is C31H33N3O2.